The molecule has 0 aromatic heterocycles. The van der Waals surface area contributed by atoms with Gasteiger partial charge < -0.3 is 5.32 Å². The average Bonchev–Trinajstić information content (AvgIpc) is 2.31. The molecule has 0 aromatic rings. The smallest absolute Gasteiger partial charge is 0.249 e. The van der Waals surface area contributed by atoms with E-state index in [1.807, 2.05) is 0 Å². The standard InChI is InChI=1S/C9H13F2NO/c10-9(11)3-1-2-8(6-9)4-5-12-7(8)13/h1-6H2,(H,12,13). The van der Waals surface area contributed by atoms with Crippen LogP contribution in [0, 0.1) is 5.41 Å². The highest BCUT2D eigenvalue weighted by Crippen LogP contribution is 2.48. The van der Waals surface area contributed by atoms with Gasteiger partial charge in [0.25, 0.3) is 0 Å². The average molecular weight is 189 g/mol. The Morgan fingerprint density at radius 1 is 1.23 bits per heavy atom. The van der Waals surface area contributed by atoms with E-state index in [-0.39, 0.29) is 18.7 Å². The maximum atomic E-state index is 13.1. The van der Waals surface area contributed by atoms with Gasteiger partial charge in [0, 0.05) is 19.4 Å². The summed E-state index contributed by atoms with van der Waals surface area (Å²) in [5.41, 5.74) is -0.734. The Hall–Kier alpha value is -0.670. The number of rotatable bonds is 0. The van der Waals surface area contributed by atoms with Crippen molar-refractivity contribution >= 4 is 5.91 Å². The quantitative estimate of drug-likeness (QED) is 0.617. The van der Waals surface area contributed by atoms with Crippen molar-refractivity contribution in [2.75, 3.05) is 6.54 Å². The van der Waals surface area contributed by atoms with E-state index < -0.39 is 11.3 Å². The molecule has 2 nitrogen and oxygen atoms in total. The first-order valence-electron chi connectivity index (χ1n) is 4.70. The van der Waals surface area contributed by atoms with Crippen LogP contribution in [0.5, 0.6) is 0 Å². The minimum atomic E-state index is -2.63. The Morgan fingerprint density at radius 3 is 2.54 bits per heavy atom. The fourth-order valence-corrected chi connectivity index (χ4v) is 2.48. The minimum absolute atomic E-state index is 0.0535. The lowest BCUT2D eigenvalue weighted by Crippen LogP contribution is -2.40. The molecule has 2 aliphatic rings. The van der Waals surface area contributed by atoms with E-state index in [0.717, 1.165) is 0 Å². The number of hydrogen-bond donors (Lipinski definition) is 1. The van der Waals surface area contributed by atoms with E-state index >= 15 is 0 Å². The molecule has 1 heterocycles. The molecule has 74 valence electrons. The lowest BCUT2D eigenvalue weighted by molar-refractivity contribution is -0.139. The molecule has 1 unspecified atom stereocenters. The van der Waals surface area contributed by atoms with Crippen LogP contribution in [0.15, 0.2) is 0 Å². The third-order valence-electron chi connectivity index (χ3n) is 3.17. The molecule has 0 aromatic carbocycles. The second-order valence-electron chi connectivity index (χ2n) is 4.17. The van der Waals surface area contributed by atoms with Crippen LogP contribution in [0.2, 0.25) is 0 Å². The number of carbonyl (C=O) groups is 1. The molecule has 1 saturated carbocycles. The second-order valence-corrected chi connectivity index (χ2v) is 4.17. The molecule has 0 radical (unpaired) electrons. The van der Waals surface area contributed by atoms with Gasteiger partial charge in [0.2, 0.25) is 11.8 Å². The number of amides is 1. The molecule has 1 saturated heterocycles. The molecular weight excluding hydrogens is 176 g/mol. The molecule has 2 fully saturated rings. The summed E-state index contributed by atoms with van der Waals surface area (Å²) in [6.45, 7) is 0.564. The molecule has 1 amide bonds. The van der Waals surface area contributed by atoms with Gasteiger partial charge in [-0.05, 0) is 19.3 Å². The molecule has 1 aliphatic heterocycles. The summed E-state index contributed by atoms with van der Waals surface area (Å²) in [4.78, 5) is 11.4. The Labute approximate surface area is 75.7 Å². The summed E-state index contributed by atoms with van der Waals surface area (Å²) in [6, 6.07) is 0. The van der Waals surface area contributed by atoms with E-state index in [1.54, 1.807) is 0 Å². The van der Waals surface area contributed by atoms with Gasteiger partial charge in [-0.2, -0.15) is 0 Å². The molecule has 4 heteroatoms. The summed E-state index contributed by atoms with van der Waals surface area (Å²) < 4.78 is 26.2. The molecule has 0 bridgehead atoms. The van der Waals surface area contributed by atoms with Gasteiger partial charge in [0.1, 0.15) is 0 Å². The lowest BCUT2D eigenvalue weighted by Gasteiger charge is -2.35. The van der Waals surface area contributed by atoms with Crippen LogP contribution in [0.25, 0.3) is 0 Å². The van der Waals surface area contributed by atoms with Crippen LogP contribution in [0.3, 0.4) is 0 Å². The van der Waals surface area contributed by atoms with E-state index in [0.29, 0.717) is 25.8 Å². The van der Waals surface area contributed by atoms with Crippen molar-refractivity contribution in [1.29, 1.82) is 0 Å². The first kappa shape index (κ1) is 8.91. The zero-order chi connectivity index (χ0) is 9.53. The summed E-state index contributed by atoms with van der Waals surface area (Å²) in [5.74, 6) is -2.79. The number of alkyl halides is 2. The topological polar surface area (TPSA) is 29.1 Å². The molecule has 13 heavy (non-hydrogen) atoms. The zero-order valence-electron chi connectivity index (χ0n) is 7.41. The van der Waals surface area contributed by atoms with Gasteiger partial charge >= 0.3 is 0 Å². The van der Waals surface area contributed by atoms with E-state index in [4.69, 9.17) is 0 Å². The predicted octanol–water partition coefficient (Wildman–Crippen LogP) is 1.70. The first-order chi connectivity index (χ1) is 6.04. The largest absolute Gasteiger partial charge is 0.356 e. The number of halogens is 2. The highest BCUT2D eigenvalue weighted by molar-refractivity contribution is 5.84. The van der Waals surface area contributed by atoms with Crippen LogP contribution in [0.1, 0.15) is 32.1 Å². The van der Waals surface area contributed by atoms with Crippen LogP contribution in [-0.4, -0.2) is 18.4 Å². The molecule has 1 atom stereocenters. The van der Waals surface area contributed by atoms with Crippen LogP contribution < -0.4 is 5.32 Å². The van der Waals surface area contributed by atoms with Crippen molar-refractivity contribution in [1.82, 2.24) is 5.32 Å². The third-order valence-corrected chi connectivity index (χ3v) is 3.17. The van der Waals surface area contributed by atoms with Crippen molar-refractivity contribution in [3.05, 3.63) is 0 Å². The van der Waals surface area contributed by atoms with Gasteiger partial charge in [-0.3, -0.25) is 4.79 Å². The zero-order valence-corrected chi connectivity index (χ0v) is 7.41. The van der Waals surface area contributed by atoms with Gasteiger partial charge in [-0.25, -0.2) is 8.78 Å². The SMILES string of the molecule is O=C1NCCC12CCCC(F)(F)C2. The Kier molecular flexibility index (Phi) is 1.82. The summed E-state index contributed by atoms with van der Waals surface area (Å²) in [6.07, 6.45) is 1.39. The molecule has 1 N–H and O–H groups in total. The number of hydrogen-bond acceptors (Lipinski definition) is 1. The molecular formula is C9H13F2NO. The summed E-state index contributed by atoms with van der Waals surface area (Å²) >= 11 is 0. The Morgan fingerprint density at radius 2 is 2.00 bits per heavy atom. The van der Waals surface area contributed by atoms with Crippen LogP contribution in [0.4, 0.5) is 8.78 Å². The van der Waals surface area contributed by atoms with Crippen LogP contribution >= 0.6 is 0 Å². The fraction of sp³-hybridized carbons (Fsp3) is 0.889. The maximum absolute atomic E-state index is 13.1. The van der Waals surface area contributed by atoms with Crippen molar-refractivity contribution in [3.63, 3.8) is 0 Å². The first-order valence-corrected chi connectivity index (χ1v) is 4.70. The maximum Gasteiger partial charge on any atom is 0.249 e. The Bertz CT molecular complexity index is 242. The molecule has 2 rings (SSSR count). The van der Waals surface area contributed by atoms with Gasteiger partial charge in [0.05, 0.1) is 5.41 Å². The van der Waals surface area contributed by atoms with E-state index in [2.05, 4.69) is 5.32 Å². The van der Waals surface area contributed by atoms with Crippen molar-refractivity contribution in [3.8, 4) is 0 Å². The summed E-state index contributed by atoms with van der Waals surface area (Å²) in [7, 11) is 0. The van der Waals surface area contributed by atoms with E-state index in [1.165, 1.54) is 0 Å². The van der Waals surface area contributed by atoms with Gasteiger partial charge in [-0.15, -0.1) is 0 Å². The number of carbonyl (C=O) groups excluding carboxylic acids is 1. The van der Waals surface area contributed by atoms with E-state index in [9.17, 15) is 13.6 Å². The highest BCUT2D eigenvalue weighted by Gasteiger charge is 2.51. The lowest BCUT2D eigenvalue weighted by atomic mass is 9.71. The van der Waals surface area contributed by atoms with Gasteiger partial charge in [0.15, 0.2) is 0 Å². The normalized spacial score (nSPS) is 37.8. The van der Waals surface area contributed by atoms with Crippen LogP contribution in [-0.2, 0) is 4.79 Å². The molecule has 1 spiro atoms. The Balaban J connectivity index is 2.18. The predicted molar refractivity (Wildman–Crippen MR) is 43.5 cm³/mol. The minimum Gasteiger partial charge on any atom is -0.356 e. The van der Waals surface area contributed by atoms with Crippen molar-refractivity contribution in [2.45, 2.75) is 38.0 Å². The second kappa shape index (κ2) is 2.66. The van der Waals surface area contributed by atoms with Gasteiger partial charge in [-0.1, -0.05) is 0 Å². The van der Waals surface area contributed by atoms with Crippen molar-refractivity contribution in [2.24, 2.45) is 5.41 Å². The summed E-state index contributed by atoms with van der Waals surface area (Å²) in [5, 5.41) is 2.65. The fourth-order valence-electron chi connectivity index (χ4n) is 2.48. The third kappa shape index (κ3) is 1.42. The monoisotopic (exact) mass is 189 g/mol. The molecule has 1 aliphatic carbocycles. The van der Waals surface area contributed by atoms with Crippen molar-refractivity contribution < 1.29 is 13.6 Å². The number of nitrogens with one attached hydrogen (secondary N) is 1. The highest BCUT2D eigenvalue weighted by atomic mass is 19.3.